The summed E-state index contributed by atoms with van der Waals surface area (Å²) in [5, 5.41) is 29.6. The normalized spacial score (nSPS) is 11.3. The van der Waals surface area contributed by atoms with Crippen LogP contribution >= 0.6 is 46.4 Å². The highest BCUT2D eigenvalue weighted by Crippen LogP contribution is 2.48. The Labute approximate surface area is 217 Å². The average molecular weight is 556 g/mol. The van der Waals surface area contributed by atoms with Crippen LogP contribution < -0.4 is 5.43 Å². The van der Waals surface area contributed by atoms with Gasteiger partial charge in [-0.1, -0.05) is 46.4 Å². The van der Waals surface area contributed by atoms with Crippen molar-refractivity contribution in [3.63, 3.8) is 0 Å². The van der Waals surface area contributed by atoms with E-state index in [0.29, 0.717) is 0 Å². The molecule has 7 nitrogen and oxygen atoms in total. The largest absolute Gasteiger partial charge is 0.506 e. The first-order valence-corrected chi connectivity index (χ1v) is 11.5. The lowest BCUT2D eigenvalue weighted by Crippen LogP contribution is -2.10. The number of halogens is 4. The van der Waals surface area contributed by atoms with E-state index in [1.807, 2.05) is 0 Å². The lowest BCUT2D eigenvalue weighted by molar-refractivity contribution is -0.136. The molecule has 0 amide bonds. The summed E-state index contributed by atoms with van der Waals surface area (Å²) in [5.41, 5.74) is 0.241. The van der Waals surface area contributed by atoms with Gasteiger partial charge in [-0.05, 0) is 48.7 Å². The van der Waals surface area contributed by atoms with Crippen LogP contribution in [0.15, 0.2) is 33.5 Å². The predicted octanol–water partition coefficient (Wildman–Crippen LogP) is 6.91. The molecule has 11 heteroatoms. The van der Waals surface area contributed by atoms with Crippen LogP contribution in [0.2, 0.25) is 20.1 Å². The van der Waals surface area contributed by atoms with Crippen LogP contribution in [0.5, 0.6) is 5.75 Å². The molecule has 0 fully saturated rings. The van der Waals surface area contributed by atoms with E-state index in [1.165, 1.54) is 31.2 Å². The molecule has 35 heavy (non-hydrogen) atoms. The van der Waals surface area contributed by atoms with Crippen LogP contribution in [0, 0.1) is 6.92 Å². The zero-order valence-corrected chi connectivity index (χ0v) is 20.7. The van der Waals surface area contributed by atoms with Crippen molar-refractivity contribution in [1.29, 1.82) is 0 Å². The fourth-order valence-corrected chi connectivity index (χ4v) is 4.76. The SMILES string of the molecule is Cc1c2oc3c(Cl)c(O)c(CCC(=O)O)cc3c(-c3cc(Cl)c(Cl)cc3C(=O)O)c-2cc(Cl)c1=O. The summed E-state index contributed by atoms with van der Waals surface area (Å²) in [4.78, 5) is 35.8. The number of aromatic carboxylic acids is 1. The molecule has 0 aromatic heterocycles. The second kappa shape index (κ2) is 9.24. The molecule has 2 aromatic rings. The topological polar surface area (TPSA) is 125 Å². The Morgan fingerprint density at radius 1 is 0.943 bits per heavy atom. The number of aliphatic carboxylic acids is 1. The lowest BCUT2D eigenvalue weighted by atomic mass is 9.88. The van der Waals surface area contributed by atoms with Gasteiger partial charge < -0.3 is 19.7 Å². The van der Waals surface area contributed by atoms with E-state index in [0.717, 1.165) is 0 Å². The summed E-state index contributed by atoms with van der Waals surface area (Å²) in [6, 6.07) is 5.34. The molecule has 2 aromatic carbocycles. The number of carbonyl (C=O) groups is 2. The van der Waals surface area contributed by atoms with Crippen molar-refractivity contribution in [1.82, 2.24) is 0 Å². The summed E-state index contributed by atoms with van der Waals surface area (Å²) < 4.78 is 5.95. The molecule has 0 bridgehead atoms. The standard InChI is InChI=1S/C24H14Cl4O7/c1-8-20(31)16(27)7-13-18(10-5-14(25)15(26)6-11(10)24(33)34)12-4-9(2-3-17(29)30)21(32)19(28)23(12)35-22(8)13/h4-7,32H,2-3H2,1H3,(H,29,30)(H,33,34). The molecule has 0 saturated heterocycles. The molecule has 0 saturated carbocycles. The first-order valence-electron chi connectivity index (χ1n) is 9.96. The first kappa shape index (κ1) is 25.1. The minimum atomic E-state index is -1.31. The van der Waals surface area contributed by atoms with E-state index < -0.39 is 23.1 Å². The van der Waals surface area contributed by atoms with Gasteiger partial charge in [0.2, 0.25) is 5.43 Å². The van der Waals surface area contributed by atoms with Gasteiger partial charge in [0.1, 0.15) is 16.5 Å². The Balaban J connectivity index is 2.27. The number of phenols is 1. The zero-order chi connectivity index (χ0) is 25.8. The third-order valence-corrected chi connectivity index (χ3v) is 6.95. The van der Waals surface area contributed by atoms with Crippen LogP contribution in [0.3, 0.4) is 0 Å². The Morgan fingerprint density at radius 2 is 1.57 bits per heavy atom. The number of hydrogen-bond donors (Lipinski definition) is 3. The van der Waals surface area contributed by atoms with Crippen molar-refractivity contribution >= 4 is 69.3 Å². The molecular formula is C24H14Cl4O7. The van der Waals surface area contributed by atoms with Crippen molar-refractivity contribution < 1.29 is 29.3 Å². The summed E-state index contributed by atoms with van der Waals surface area (Å²) in [6.45, 7) is 1.48. The highest BCUT2D eigenvalue weighted by atomic mass is 35.5. The highest BCUT2D eigenvalue weighted by Gasteiger charge is 2.28. The third-order valence-electron chi connectivity index (χ3n) is 5.60. The quantitative estimate of drug-likeness (QED) is 0.228. The average Bonchev–Trinajstić information content (AvgIpc) is 2.79. The Hall–Kier alpha value is -2.97. The van der Waals surface area contributed by atoms with Gasteiger partial charge in [0, 0.05) is 28.5 Å². The fraction of sp³-hybridized carbons (Fsp3) is 0.125. The maximum atomic E-state index is 12.5. The molecule has 1 heterocycles. The van der Waals surface area contributed by atoms with E-state index in [1.54, 1.807) is 0 Å². The van der Waals surface area contributed by atoms with Crippen LogP contribution in [-0.4, -0.2) is 27.3 Å². The summed E-state index contributed by atoms with van der Waals surface area (Å²) >= 11 is 24.9. The van der Waals surface area contributed by atoms with Crippen molar-refractivity contribution in [2.75, 3.05) is 0 Å². The molecule has 0 radical (unpaired) electrons. The summed E-state index contributed by atoms with van der Waals surface area (Å²) in [7, 11) is 0. The third kappa shape index (κ3) is 4.29. The summed E-state index contributed by atoms with van der Waals surface area (Å²) in [5.74, 6) is -2.72. The van der Waals surface area contributed by atoms with E-state index in [2.05, 4.69) is 0 Å². The molecule has 0 spiro atoms. The van der Waals surface area contributed by atoms with Crippen LogP contribution in [0.4, 0.5) is 0 Å². The number of benzene rings is 3. The molecule has 4 rings (SSSR count). The molecular weight excluding hydrogens is 542 g/mol. The smallest absolute Gasteiger partial charge is 0.336 e. The van der Waals surface area contributed by atoms with E-state index in [4.69, 9.17) is 55.9 Å². The number of aryl methyl sites for hydroxylation is 1. The van der Waals surface area contributed by atoms with E-state index in [9.17, 15) is 24.6 Å². The molecule has 3 N–H and O–H groups in total. The van der Waals surface area contributed by atoms with Gasteiger partial charge in [-0.3, -0.25) is 9.59 Å². The fourth-order valence-electron chi connectivity index (χ4n) is 3.92. The Morgan fingerprint density at radius 3 is 2.20 bits per heavy atom. The number of aromatic hydroxyl groups is 1. The van der Waals surface area contributed by atoms with Crippen molar-refractivity contribution in [3.05, 3.63) is 71.3 Å². The van der Waals surface area contributed by atoms with Crippen LogP contribution in [0.25, 0.3) is 33.4 Å². The van der Waals surface area contributed by atoms with Gasteiger partial charge >= 0.3 is 11.9 Å². The number of hydrogen-bond acceptors (Lipinski definition) is 5. The van der Waals surface area contributed by atoms with Crippen molar-refractivity contribution in [3.8, 4) is 28.2 Å². The Bertz CT molecular complexity index is 1590. The number of carboxylic acids is 2. The van der Waals surface area contributed by atoms with Crippen molar-refractivity contribution in [2.45, 2.75) is 19.8 Å². The molecule has 1 aliphatic heterocycles. The summed E-state index contributed by atoms with van der Waals surface area (Å²) in [6.07, 6.45) is -0.367. The van der Waals surface area contributed by atoms with Crippen LogP contribution in [0.1, 0.15) is 27.9 Å². The van der Waals surface area contributed by atoms with Gasteiger partial charge in [0.25, 0.3) is 0 Å². The minimum Gasteiger partial charge on any atom is -0.506 e. The first-order chi connectivity index (χ1) is 16.4. The molecule has 0 atom stereocenters. The van der Waals surface area contributed by atoms with Gasteiger partial charge in [0.15, 0.2) is 5.58 Å². The van der Waals surface area contributed by atoms with Crippen molar-refractivity contribution in [2.24, 2.45) is 0 Å². The maximum Gasteiger partial charge on any atom is 0.336 e. The second-order valence-corrected chi connectivity index (χ2v) is 9.35. The molecule has 0 unspecified atom stereocenters. The van der Waals surface area contributed by atoms with Gasteiger partial charge in [-0.25, -0.2) is 4.79 Å². The monoisotopic (exact) mass is 554 g/mol. The molecule has 1 aliphatic carbocycles. The number of carboxylic acid groups (broad SMARTS) is 2. The molecule has 2 aliphatic rings. The molecule has 180 valence electrons. The Kier molecular flexibility index (Phi) is 6.64. The van der Waals surface area contributed by atoms with Crippen LogP contribution in [-0.2, 0) is 11.2 Å². The highest BCUT2D eigenvalue weighted by molar-refractivity contribution is 6.42. The van der Waals surface area contributed by atoms with Gasteiger partial charge in [-0.2, -0.15) is 0 Å². The zero-order valence-electron chi connectivity index (χ0n) is 17.7. The van der Waals surface area contributed by atoms with E-state index >= 15 is 0 Å². The number of fused-ring (bicyclic) bond motifs is 2. The number of phenolic OH excluding ortho intramolecular Hbond substituents is 1. The van der Waals surface area contributed by atoms with Gasteiger partial charge in [-0.15, -0.1) is 0 Å². The van der Waals surface area contributed by atoms with E-state index in [-0.39, 0.29) is 83.0 Å². The predicted molar refractivity (Wildman–Crippen MR) is 134 cm³/mol. The minimum absolute atomic E-state index is 0.0101. The lowest BCUT2D eigenvalue weighted by Gasteiger charge is -2.20. The second-order valence-electron chi connectivity index (χ2n) is 7.75. The number of rotatable bonds is 5. The van der Waals surface area contributed by atoms with Gasteiger partial charge in [0.05, 0.1) is 20.6 Å². The maximum absolute atomic E-state index is 12.5.